The average Bonchev–Trinajstić information content (AvgIpc) is 2.81. The first-order valence-electron chi connectivity index (χ1n) is 11.0. The van der Waals surface area contributed by atoms with Gasteiger partial charge in [-0.05, 0) is 15.4 Å². The van der Waals surface area contributed by atoms with Crippen LogP contribution < -0.4 is 26.9 Å². The van der Waals surface area contributed by atoms with E-state index in [2.05, 4.69) is 31.1 Å². The quantitative estimate of drug-likeness (QED) is 0.348. The van der Waals surface area contributed by atoms with E-state index in [9.17, 15) is 19.2 Å². The van der Waals surface area contributed by atoms with Crippen LogP contribution in [0, 0.1) is 0 Å². The van der Waals surface area contributed by atoms with E-state index in [1.807, 2.05) is 60.7 Å². The maximum atomic E-state index is 12.5. The highest BCUT2D eigenvalue weighted by atomic mass is 28.4. The molecule has 2 aromatic carbocycles. The Bertz CT molecular complexity index is 1190. The molecule has 3 aromatic rings. The summed E-state index contributed by atoms with van der Waals surface area (Å²) in [6.45, 7) is 6.01. The third-order valence-corrected chi connectivity index (χ3v) is 10.6. The van der Waals surface area contributed by atoms with Crippen molar-refractivity contribution >= 4 is 30.9 Å². The molecule has 1 amide bonds. The molecule has 178 valence electrons. The summed E-state index contributed by atoms with van der Waals surface area (Å²) >= 11 is 0. The van der Waals surface area contributed by atoms with E-state index in [0.29, 0.717) is 6.29 Å². The fourth-order valence-corrected chi connectivity index (χ4v) is 8.65. The smallest absolute Gasteiger partial charge is 0.328 e. The first-order valence-corrected chi connectivity index (χ1v) is 12.9. The van der Waals surface area contributed by atoms with Crippen LogP contribution in [0.2, 0.25) is 5.04 Å². The molecule has 2 N–H and O–H groups in total. The second-order valence-corrected chi connectivity index (χ2v) is 13.3. The van der Waals surface area contributed by atoms with Crippen molar-refractivity contribution in [1.82, 2.24) is 14.9 Å². The summed E-state index contributed by atoms with van der Waals surface area (Å²) in [5.41, 5.74) is -1.25. The third kappa shape index (κ3) is 5.49. The predicted molar refractivity (Wildman–Crippen MR) is 133 cm³/mol. The topological polar surface area (TPSA) is 110 Å². The number of nitrogens with one attached hydrogen (secondary N) is 2. The molecule has 9 heteroatoms. The summed E-state index contributed by atoms with van der Waals surface area (Å²) in [6, 6.07) is 20.2. The number of aldehydes is 1. The van der Waals surface area contributed by atoms with Crippen molar-refractivity contribution in [3.8, 4) is 0 Å². The number of aromatic nitrogens is 2. The van der Waals surface area contributed by atoms with Crippen LogP contribution in [-0.2, 0) is 20.6 Å². The number of benzene rings is 2. The minimum atomic E-state index is -2.87. The molecule has 0 aliphatic carbocycles. The number of carbonyl (C=O) groups excluding carboxylic acids is 2. The third-order valence-electron chi connectivity index (χ3n) is 5.62. The standard InChI is InChI=1S/C25H29N3O5Si/c1-25(2,3)34(20-10-6-4-7-11-20,21-12-8-5-9-13-21)33-18-19(17-29)26-23(31)16-28-15-14-22(30)27-24(28)32/h4-15,17,19H,16,18H2,1-3H3,(H,26,31)(H,27,30,32). The van der Waals surface area contributed by atoms with Gasteiger partial charge in [-0.15, -0.1) is 0 Å². The molecule has 0 bridgehead atoms. The number of H-pyrrole nitrogens is 1. The molecule has 1 aromatic heterocycles. The first-order chi connectivity index (χ1) is 16.2. The molecule has 1 atom stereocenters. The van der Waals surface area contributed by atoms with E-state index in [1.165, 1.54) is 6.20 Å². The van der Waals surface area contributed by atoms with Gasteiger partial charge in [0.1, 0.15) is 18.9 Å². The maximum absolute atomic E-state index is 12.5. The van der Waals surface area contributed by atoms with Crippen LogP contribution in [0.25, 0.3) is 0 Å². The van der Waals surface area contributed by atoms with Gasteiger partial charge in [0.05, 0.1) is 6.61 Å². The van der Waals surface area contributed by atoms with Crippen LogP contribution in [-0.4, -0.2) is 42.7 Å². The zero-order valence-corrected chi connectivity index (χ0v) is 20.5. The Labute approximate surface area is 198 Å². The fourth-order valence-electron chi connectivity index (χ4n) is 4.07. The van der Waals surface area contributed by atoms with E-state index in [1.54, 1.807) is 0 Å². The number of carbonyl (C=O) groups is 2. The highest BCUT2D eigenvalue weighted by Gasteiger charge is 2.50. The molecular formula is C25H29N3O5Si. The van der Waals surface area contributed by atoms with Crippen LogP contribution in [0.3, 0.4) is 0 Å². The van der Waals surface area contributed by atoms with Gasteiger partial charge in [0.15, 0.2) is 0 Å². The molecule has 0 radical (unpaired) electrons. The van der Waals surface area contributed by atoms with Crippen molar-refractivity contribution < 1.29 is 14.0 Å². The Morgan fingerprint density at radius 2 is 1.59 bits per heavy atom. The molecule has 1 heterocycles. The normalized spacial score (nSPS) is 12.7. The molecule has 0 saturated carbocycles. The molecule has 1 unspecified atom stereocenters. The Kier molecular flexibility index (Phi) is 7.80. The molecule has 0 spiro atoms. The van der Waals surface area contributed by atoms with Crippen molar-refractivity contribution in [2.24, 2.45) is 0 Å². The number of nitrogens with zero attached hydrogens (tertiary/aromatic N) is 1. The zero-order chi connectivity index (χ0) is 24.8. The lowest BCUT2D eigenvalue weighted by molar-refractivity contribution is -0.125. The van der Waals surface area contributed by atoms with E-state index < -0.39 is 31.5 Å². The summed E-state index contributed by atoms with van der Waals surface area (Å²) in [7, 11) is -2.87. The highest BCUT2D eigenvalue weighted by molar-refractivity contribution is 6.99. The van der Waals surface area contributed by atoms with Crippen LogP contribution in [0.15, 0.2) is 82.5 Å². The van der Waals surface area contributed by atoms with E-state index >= 15 is 0 Å². The largest absolute Gasteiger partial charge is 0.405 e. The van der Waals surface area contributed by atoms with Gasteiger partial charge in [-0.25, -0.2) is 4.79 Å². The van der Waals surface area contributed by atoms with Gasteiger partial charge in [0.25, 0.3) is 13.9 Å². The summed E-state index contributed by atoms with van der Waals surface area (Å²) in [5.74, 6) is -0.544. The van der Waals surface area contributed by atoms with Crippen molar-refractivity contribution in [3.63, 3.8) is 0 Å². The molecule has 0 saturated heterocycles. The minimum Gasteiger partial charge on any atom is -0.405 e. The summed E-state index contributed by atoms with van der Waals surface area (Å²) in [6.07, 6.45) is 1.86. The summed E-state index contributed by atoms with van der Waals surface area (Å²) < 4.78 is 7.74. The lowest BCUT2D eigenvalue weighted by Gasteiger charge is -2.43. The van der Waals surface area contributed by atoms with Crippen molar-refractivity contribution in [2.45, 2.75) is 38.4 Å². The molecule has 3 rings (SSSR count). The van der Waals surface area contributed by atoms with Gasteiger partial charge < -0.3 is 14.5 Å². The lowest BCUT2D eigenvalue weighted by atomic mass is 10.2. The number of aromatic amines is 1. The van der Waals surface area contributed by atoms with E-state index in [-0.39, 0.29) is 18.2 Å². The van der Waals surface area contributed by atoms with Crippen LogP contribution in [0.5, 0.6) is 0 Å². The Morgan fingerprint density at radius 3 is 2.06 bits per heavy atom. The van der Waals surface area contributed by atoms with Crippen molar-refractivity contribution in [1.29, 1.82) is 0 Å². The predicted octanol–water partition coefficient (Wildman–Crippen LogP) is 0.797. The van der Waals surface area contributed by atoms with Gasteiger partial charge in [-0.2, -0.15) is 0 Å². The van der Waals surface area contributed by atoms with Gasteiger partial charge in [-0.3, -0.25) is 19.1 Å². The minimum absolute atomic E-state index is 0.0248. The van der Waals surface area contributed by atoms with Gasteiger partial charge >= 0.3 is 5.69 Å². The van der Waals surface area contributed by atoms with Gasteiger partial charge in [-0.1, -0.05) is 81.4 Å². The number of hydrogen-bond donors (Lipinski definition) is 2. The van der Waals surface area contributed by atoms with Crippen LogP contribution in [0.4, 0.5) is 0 Å². The average molecular weight is 480 g/mol. The van der Waals surface area contributed by atoms with Crippen LogP contribution >= 0.6 is 0 Å². The second kappa shape index (κ2) is 10.6. The lowest BCUT2D eigenvalue weighted by Crippen LogP contribution is -2.67. The van der Waals surface area contributed by atoms with Crippen molar-refractivity contribution in [2.75, 3.05) is 6.61 Å². The van der Waals surface area contributed by atoms with Gasteiger partial charge in [0, 0.05) is 12.3 Å². The van der Waals surface area contributed by atoms with E-state index in [0.717, 1.165) is 21.0 Å². The number of rotatable bonds is 9. The Hall–Kier alpha value is -3.56. The van der Waals surface area contributed by atoms with Crippen molar-refractivity contribution in [3.05, 3.63) is 93.8 Å². The Balaban J connectivity index is 1.86. The molecule has 0 fully saturated rings. The Morgan fingerprint density at radius 1 is 1.03 bits per heavy atom. The summed E-state index contributed by atoms with van der Waals surface area (Å²) in [4.78, 5) is 49.5. The monoisotopic (exact) mass is 479 g/mol. The number of amides is 1. The molecular weight excluding hydrogens is 450 g/mol. The zero-order valence-electron chi connectivity index (χ0n) is 19.5. The fraction of sp³-hybridized carbons (Fsp3) is 0.280. The first kappa shape index (κ1) is 25.1. The molecule has 0 aliphatic heterocycles. The molecule has 0 aliphatic rings. The summed E-state index contributed by atoms with van der Waals surface area (Å²) in [5, 5.41) is 4.46. The second-order valence-electron chi connectivity index (χ2n) is 9.02. The van der Waals surface area contributed by atoms with E-state index in [4.69, 9.17) is 4.43 Å². The highest BCUT2D eigenvalue weighted by Crippen LogP contribution is 2.36. The van der Waals surface area contributed by atoms with Gasteiger partial charge in [0.2, 0.25) is 5.91 Å². The van der Waals surface area contributed by atoms with Crippen LogP contribution in [0.1, 0.15) is 20.8 Å². The maximum Gasteiger partial charge on any atom is 0.328 e. The SMILES string of the molecule is CC(C)(C)[Si](OCC(C=O)NC(=O)Cn1ccc(=O)[nH]c1=O)(c1ccccc1)c1ccccc1. The molecule has 34 heavy (non-hydrogen) atoms. The number of hydrogen-bond acceptors (Lipinski definition) is 5. The molecule has 8 nitrogen and oxygen atoms in total.